The lowest BCUT2D eigenvalue weighted by Crippen LogP contribution is -2.21. The average molecular weight is 323 g/mol. The number of halogens is 1. The van der Waals surface area contributed by atoms with Gasteiger partial charge in [-0.05, 0) is 49.7 Å². The smallest absolute Gasteiger partial charge is 0.236 e. The van der Waals surface area contributed by atoms with Crippen molar-refractivity contribution in [3.63, 3.8) is 0 Å². The summed E-state index contributed by atoms with van der Waals surface area (Å²) in [6.07, 6.45) is 0. The molecule has 0 heterocycles. The Morgan fingerprint density at radius 1 is 1.09 bits per heavy atom. The van der Waals surface area contributed by atoms with Crippen LogP contribution in [0.25, 0.3) is 0 Å². The number of ether oxygens (including phenoxy) is 1. The number of benzene rings is 2. The largest absolute Gasteiger partial charge is 0.492 e. The molecule has 118 valence electrons. The van der Waals surface area contributed by atoms with Crippen molar-refractivity contribution in [2.24, 2.45) is 0 Å². The second-order valence-corrected chi connectivity index (χ2v) is 6.88. The van der Waals surface area contributed by atoms with Crippen LogP contribution in [0, 0.1) is 19.7 Å². The van der Waals surface area contributed by atoms with Crippen molar-refractivity contribution in [2.75, 3.05) is 17.1 Å². The fourth-order valence-electron chi connectivity index (χ4n) is 1.95. The summed E-state index contributed by atoms with van der Waals surface area (Å²) in [4.78, 5) is 0. The monoisotopic (exact) mass is 323 g/mol. The lowest BCUT2D eigenvalue weighted by Gasteiger charge is -2.11. The molecule has 0 aliphatic rings. The van der Waals surface area contributed by atoms with Gasteiger partial charge >= 0.3 is 0 Å². The van der Waals surface area contributed by atoms with E-state index in [1.807, 2.05) is 26.0 Å². The Bertz CT molecular complexity index is 742. The Hall–Kier alpha value is -2.08. The van der Waals surface area contributed by atoms with E-state index in [1.54, 1.807) is 6.07 Å². The number of hydrogen-bond donors (Lipinski definition) is 1. The highest BCUT2D eigenvalue weighted by Gasteiger charge is 2.12. The number of aryl methyl sites for hydroxylation is 2. The minimum atomic E-state index is -3.50. The number of hydrogen-bond acceptors (Lipinski definition) is 3. The van der Waals surface area contributed by atoms with Crippen LogP contribution in [0.4, 0.5) is 10.1 Å². The second-order valence-electron chi connectivity index (χ2n) is 5.04. The van der Waals surface area contributed by atoms with Crippen molar-refractivity contribution in [2.45, 2.75) is 13.8 Å². The van der Waals surface area contributed by atoms with Gasteiger partial charge in [0, 0.05) is 0 Å². The molecule has 0 saturated heterocycles. The lowest BCUT2D eigenvalue weighted by molar-refractivity contribution is 0.340. The van der Waals surface area contributed by atoms with Crippen LogP contribution in [-0.4, -0.2) is 20.8 Å². The van der Waals surface area contributed by atoms with E-state index in [-0.39, 0.29) is 18.2 Å². The molecule has 4 nitrogen and oxygen atoms in total. The molecule has 2 rings (SSSR count). The van der Waals surface area contributed by atoms with E-state index in [2.05, 4.69) is 4.72 Å². The molecule has 0 aliphatic heterocycles. The van der Waals surface area contributed by atoms with Gasteiger partial charge < -0.3 is 4.74 Å². The van der Waals surface area contributed by atoms with Gasteiger partial charge in [-0.25, -0.2) is 12.8 Å². The van der Waals surface area contributed by atoms with Gasteiger partial charge in [-0.1, -0.05) is 17.7 Å². The quantitative estimate of drug-likeness (QED) is 0.888. The van der Waals surface area contributed by atoms with Crippen LogP contribution in [0.1, 0.15) is 11.1 Å². The van der Waals surface area contributed by atoms with Gasteiger partial charge in [0.2, 0.25) is 10.0 Å². The van der Waals surface area contributed by atoms with Gasteiger partial charge in [-0.3, -0.25) is 4.72 Å². The van der Waals surface area contributed by atoms with Crippen LogP contribution in [0.2, 0.25) is 0 Å². The summed E-state index contributed by atoms with van der Waals surface area (Å²) in [6.45, 7) is 3.79. The molecular formula is C16H18FNO3S. The van der Waals surface area contributed by atoms with Gasteiger partial charge in [0.25, 0.3) is 0 Å². The molecule has 0 atom stereocenters. The first-order valence-electron chi connectivity index (χ1n) is 6.82. The molecule has 2 aromatic carbocycles. The fourth-order valence-corrected chi connectivity index (χ4v) is 2.92. The van der Waals surface area contributed by atoms with Crippen molar-refractivity contribution >= 4 is 15.7 Å². The highest BCUT2D eigenvalue weighted by atomic mass is 32.2. The third-order valence-electron chi connectivity index (χ3n) is 3.08. The summed E-state index contributed by atoms with van der Waals surface area (Å²) in [5.74, 6) is -0.114. The van der Waals surface area contributed by atoms with Crippen molar-refractivity contribution in [3.05, 3.63) is 59.4 Å². The van der Waals surface area contributed by atoms with E-state index in [4.69, 9.17) is 4.74 Å². The molecular weight excluding hydrogens is 305 g/mol. The first-order valence-corrected chi connectivity index (χ1v) is 8.47. The summed E-state index contributed by atoms with van der Waals surface area (Å²) in [7, 11) is -3.50. The predicted octanol–water partition coefficient (Wildman–Crippen LogP) is 3.26. The molecule has 22 heavy (non-hydrogen) atoms. The number of nitrogens with one attached hydrogen (secondary N) is 1. The Morgan fingerprint density at radius 3 is 2.41 bits per heavy atom. The molecule has 0 bridgehead atoms. The van der Waals surface area contributed by atoms with Gasteiger partial charge in [0.05, 0.1) is 5.69 Å². The highest BCUT2D eigenvalue weighted by molar-refractivity contribution is 7.92. The molecule has 0 saturated carbocycles. The summed E-state index contributed by atoms with van der Waals surface area (Å²) >= 11 is 0. The zero-order valence-electron chi connectivity index (χ0n) is 12.5. The maximum Gasteiger partial charge on any atom is 0.236 e. The number of anilines is 1. The van der Waals surface area contributed by atoms with Gasteiger partial charge in [-0.15, -0.1) is 0 Å². The maximum atomic E-state index is 12.7. The van der Waals surface area contributed by atoms with Crippen molar-refractivity contribution < 1.29 is 17.5 Å². The van der Waals surface area contributed by atoms with Crippen molar-refractivity contribution in [1.82, 2.24) is 0 Å². The zero-order valence-corrected chi connectivity index (χ0v) is 13.3. The van der Waals surface area contributed by atoms with Crippen molar-refractivity contribution in [3.8, 4) is 5.75 Å². The Balaban J connectivity index is 1.92. The van der Waals surface area contributed by atoms with Crippen LogP contribution >= 0.6 is 0 Å². The number of sulfonamides is 1. The Kier molecular flexibility index (Phi) is 5.03. The van der Waals surface area contributed by atoms with Gasteiger partial charge in [-0.2, -0.15) is 0 Å². The van der Waals surface area contributed by atoms with E-state index >= 15 is 0 Å². The van der Waals surface area contributed by atoms with Crippen molar-refractivity contribution in [1.29, 1.82) is 0 Å². The molecule has 6 heteroatoms. The third kappa shape index (κ3) is 4.73. The summed E-state index contributed by atoms with van der Waals surface area (Å²) in [5, 5.41) is 0. The highest BCUT2D eigenvalue weighted by Crippen LogP contribution is 2.17. The molecule has 0 aromatic heterocycles. The molecule has 0 unspecified atom stereocenters. The average Bonchev–Trinajstić information content (AvgIpc) is 2.44. The predicted molar refractivity (Wildman–Crippen MR) is 85.2 cm³/mol. The fraction of sp³-hybridized carbons (Fsp3) is 0.250. The van der Waals surface area contributed by atoms with E-state index in [0.717, 1.165) is 11.1 Å². The summed E-state index contributed by atoms with van der Waals surface area (Å²) in [6, 6.07) is 10.9. The van der Waals surface area contributed by atoms with Crippen LogP contribution < -0.4 is 9.46 Å². The minimum Gasteiger partial charge on any atom is -0.492 e. The lowest BCUT2D eigenvalue weighted by atomic mass is 10.1. The molecule has 0 radical (unpaired) electrons. The standard InChI is InChI=1S/C16H18FNO3S/c1-12-3-8-16(13(2)11-12)18-22(19,20)10-9-21-15-6-4-14(17)5-7-15/h3-8,11,18H,9-10H2,1-2H3. The van der Waals surface area contributed by atoms with Gasteiger partial charge in [0.1, 0.15) is 23.9 Å². The SMILES string of the molecule is Cc1ccc(NS(=O)(=O)CCOc2ccc(F)cc2)c(C)c1. The van der Waals surface area contributed by atoms with E-state index in [9.17, 15) is 12.8 Å². The molecule has 2 aromatic rings. The minimum absolute atomic E-state index is 0.00806. The summed E-state index contributed by atoms with van der Waals surface area (Å²) in [5.41, 5.74) is 2.50. The zero-order chi connectivity index (χ0) is 16.2. The van der Waals surface area contributed by atoms with Crippen LogP contribution in [0.15, 0.2) is 42.5 Å². The molecule has 1 N–H and O–H groups in total. The third-order valence-corrected chi connectivity index (χ3v) is 4.32. The first-order chi connectivity index (χ1) is 10.4. The van der Waals surface area contributed by atoms with E-state index in [1.165, 1.54) is 24.3 Å². The second kappa shape index (κ2) is 6.79. The maximum absolute atomic E-state index is 12.7. The molecule has 0 fully saturated rings. The summed E-state index contributed by atoms with van der Waals surface area (Å²) < 4.78 is 44.6. The molecule has 0 aliphatic carbocycles. The number of rotatable bonds is 6. The molecule has 0 amide bonds. The Morgan fingerprint density at radius 2 is 1.77 bits per heavy atom. The van der Waals surface area contributed by atoms with Crippen LogP contribution in [0.3, 0.4) is 0 Å². The Labute approximate surface area is 130 Å². The topological polar surface area (TPSA) is 55.4 Å². The van der Waals surface area contributed by atoms with Crippen LogP contribution in [-0.2, 0) is 10.0 Å². The first kappa shape index (κ1) is 16.3. The normalized spacial score (nSPS) is 11.2. The van der Waals surface area contributed by atoms with Gasteiger partial charge in [0.15, 0.2) is 0 Å². The van der Waals surface area contributed by atoms with E-state index < -0.39 is 10.0 Å². The van der Waals surface area contributed by atoms with Crippen LogP contribution in [0.5, 0.6) is 5.75 Å². The van der Waals surface area contributed by atoms with E-state index in [0.29, 0.717) is 11.4 Å². The molecule has 0 spiro atoms.